The van der Waals surface area contributed by atoms with E-state index < -0.39 is 0 Å². The maximum atomic E-state index is 13.2. The van der Waals surface area contributed by atoms with Crippen molar-refractivity contribution in [3.05, 3.63) is 92.6 Å². The SMILES string of the molecule is CCOc1ccc(N2C(=O)/C(=C/c3ccc(OCc4ccc(Cl)cc4Cl)c(Cl)c3)N(C)C2=S)cc1. The first-order chi connectivity index (χ1) is 16.8. The van der Waals surface area contributed by atoms with Gasteiger partial charge in [-0.25, -0.2) is 0 Å². The summed E-state index contributed by atoms with van der Waals surface area (Å²) in [5.74, 6) is 1.00. The van der Waals surface area contributed by atoms with Crippen molar-refractivity contribution >= 4 is 69.8 Å². The van der Waals surface area contributed by atoms with Crippen molar-refractivity contribution in [2.24, 2.45) is 0 Å². The van der Waals surface area contributed by atoms with E-state index in [9.17, 15) is 4.79 Å². The highest BCUT2D eigenvalue weighted by atomic mass is 35.5. The minimum Gasteiger partial charge on any atom is -0.494 e. The van der Waals surface area contributed by atoms with Crippen LogP contribution >= 0.6 is 47.0 Å². The summed E-state index contributed by atoms with van der Waals surface area (Å²) in [4.78, 5) is 16.4. The molecule has 1 aliphatic heterocycles. The highest BCUT2D eigenvalue weighted by molar-refractivity contribution is 7.80. The van der Waals surface area contributed by atoms with E-state index in [1.807, 2.05) is 37.3 Å². The molecule has 0 radical (unpaired) electrons. The Bertz CT molecular complexity index is 1310. The molecule has 4 rings (SSSR count). The molecule has 1 saturated heterocycles. The molecule has 1 heterocycles. The predicted molar refractivity (Wildman–Crippen MR) is 146 cm³/mol. The van der Waals surface area contributed by atoms with Crippen LogP contribution in [0.15, 0.2) is 66.4 Å². The molecule has 0 spiro atoms. The summed E-state index contributed by atoms with van der Waals surface area (Å²) >= 11 is 24.1. The number of nitrogens with zero attached hydrogens (tertiary/aromatic N) is 2. The Labute approximate surface area is 224 Å². The van der Waals surface area contributed by atoms with Gasteiger partial charge in [-0.3, -0.25) is 9.69 Å². The number of benzene rings is 3. The standard InChI is InChI=1S/C26H21Cl3N2O3S/c1-3-33-20-9-7-19(8-10-20)31-25(32)23(30(2)26(31)35)13-16-4-11-24(22(29)12-16)34-15-17-5-6-18(27)14-21(17)28/h4-14H,3,15H2,1-2H3/b23-13-. The van der Waals surface area contributed by atoms with Gasteiger partial charge in [-0.15, -0.1) is 0 Å². The van der Waals surface area contributed by atoms with Gasteiger partial charge in [0.15, 0.2) is 5.11 Å². The summed E-state index contributed by atoms with van der Waals surface area (Å²) in [7, 11) is 1.76. The minimum atomic E-state index is -0.226. The van der Waals surface area contributed by atoms with Crippen molar-refractivity contribution in [1.29, 1.82) is 0 Å². The first kappa shape index (κ1) is 25.3. The van der Waals surface area contributed by atoms with Crippen molar-refractivity contribution in [1.82, 2.24) is 4.90 Å². The fourth-order valence-electron chi connectivity index (χ4n) is 3.52. The van der Waals surface area contributed by atoms with Gasteiger partial charge in [0.25, 0.3) is 5.91 Å². The highest BCUT2D eigenvalue weighted by Crippen LogP contribution is 2.32. The normalized spacial score (nSPS) is 14.7. The van der Waals surface area contributed by atoms with Crippen LogP contribution in [0.5, 0.6) is 11.5 Å². The van der Waals surface area contributed by atoms with Crippen molar-refractivity contribution in [2.75, 3.05) is 18.6 Å². The number of ether oxygens (including phenoxy) is 2. The molecular weight excluding hydrogens is 527 g/mol. The quantitative estimate of drug-likeness (QED) is 0.231. The lowest BCUT2D eigenvalue weighted by molar-refractivity contribution is -0.114. The van der Waals surface area contributed by atoms with Crippen LogP contribution in [-0.2, 0) is 11.4 Å². The van der Waals surface area contributed by atoms with E-state index in [0.29, 0.717) is 43.9 Å². The van der Waals surface area contributed by atoms with Crippen molar-refractivity contribution in [3.63, 3.8) is 0 Å². The van der Waals surface area contributed by atoms with Gasteiger partial charge in [0.1, 0.15) is 23.8 Å². The molecule has 0 atom stereocenters. The molecular formula is C26H21Cl3N2O3S. The second kappa shape index (κ2) is 10.9. The number of thiocarbonyl (C=S) groups is 1. The minimum absolute atomic E-state index is 0.226. The van der Waals surface area contributed by atoms with Crippen LogP contribution in [0.2, 0.25) is 15.1 Å². The Morgan fingerprint density at radius 2 is 1.69 bits per heavy atom. The second-order valence-corrected chi connectivity index (χ2v) is 9.27. The number of rotatable bonds is 7. The highest BCUT2D eigenvalue weighted by Gasteiger charge is 2.36. The van der Waals surface area contributed by atoms with Crippen LogP contribution in [0.3, 0.4) is 0 Å². The van der Waals surface area contributed by atoms with Crippen LogP contribution in [0.25, 0.3) is 6.08 Å². The van der Waals surface area contributed by atoms with Crippen LogP contribution in [0.1, 0.15) is 18.1 Å². The molecule has 3 aromatic carbocycles. The number of carbonyl (C=O) groups is 1. The smallest absolute Gasteiger partial charge is 0.281 e. The molecule has 5 nitrogen and oxygen atoms in total. The van der Waals surface area contributed by atoms with Gasteiger partial charge < -0.3 is 14.4 Å². The predicted octanol–water partition coefficient (Wildman–Crippen LogP) is 7.23. The fourth-order valence-corrected chi connectivity index (χ4v) is 4.51. The van der Waals surface area contributed by atoms with E-state index in [1.54, 1.807) is 48.4 Å². The van der Waals surface area contributed by atoms with Gasteiger partial charge in [0, 0.05) is 22.7 Å². The number of likely N-dealkylation sites (N-methyl/N-ethyl adjacent to an activating group) is 1. The third-order valence-electron chi connectivity index (χ3n) is 5.33. The first-order valence-electron chi connectivity index (χ1n) is 10.7. The summed E-state index contributed by atoms with van der Waals surface area (Å²) in [5.41, 5.74) is 2.63. The molecule has 180 valence electrons. The third-order valence-corrected chi connectivity index (χ3v) is 6.66. The third kappa shape index (κ3) is 5.57. The molecule has 1 aliphatic rings. The summed E-state index contributed by atoms with van der Waals surface area (Å²) in [6, 6.07) is 17.8. The Hall–Kier alpha value is -2.77. The number of hydrogen-bond acceptors (Lipinski definition) is 4. The molecule has 0 saturated carbocycles. The van der Waals surface area contributed by atoms with Gasteiger partial charge in [-0.2, -0.15) is 0 Å². The van der Waals surface area contributed by atoms with E-state index in [2.05, 4.69) is 0 Å². The lowest BCUT2D eigenvalue weighted by Gasteiger charge is -2.16. The van der Waals surface area contributed by atoms with E-state index in [-0.39, 0.29) is 12.5 Å². The van der Waals surface area contributed by atoms with E-state index in [1.165, 1.54) is 4.90 Å². The Kier molecular flexibility index (Phi) is 7.87. The van der Waals surface area contributed by atoms with Gasteiger partial charge >= 0.3 is 0 Å². The maximum absolute atomic E-state index is 13.2. The van der Waals surface area contributed by atoms with Gasteiger partial charge in [-0.1, -0.05) is 46.9 Å². The molecule has 9 heteroatoms. The van der Waals surface area contributed by atoms with Crippen LogP contribution in [0, 0.1) is 0 Å². The monoisotopic (exact) mass is 546 g/mol. The van der Waals surface area contributed by atoms with Crippen molar-refractivity contribution < 1.29 is 14.3 Å². The Morgan fingerprint density at radius 3 is 2.34 bits per heavy atom. The lowest BCUT2D eigenvalue weighted by Crippen LogP contribution is -2.31. The molecule has 3 aromatic rings. The van der Waals surface area contributed by atoms with Gasteiger partial charge in [0.2, 0.25) is 0 Å². The number of carbonyl (C=O) groups excluding carboxylic acids is 1. The first-order valence-corrected chi connectivity index (χ1v) is 12.3. The number of anilines is 1. The number of hydrogen-bond donors (Lipinski definition) is 0. The zero-order valence-corrected chi connectivity index (χ0v) is 22.0. The topological polar surface area (TPSA) is 42.0 Å². The maximum Gasteiger partial charge on any atom is 0.281 e. The molecule has 35 heavy (non-hydrogen) atoms. The van der Waals surface area contributed by atoms with Crippen LogP contribution < -0.4 is 14.4 Å². The van der Waals surface area contributed by atoms with E-state index >= 15 is 0 Å². The Balaban J connectivity index is 1.51. The molecule has 0 aliphatic carbocycles. The Morgan fingerprint density at radius 1 is 0.943 bits per heavy atom. The fraction of sp³-hybridized carbons (Fsp3) is 0.154. The average Bonchev–Trinajstić information content (AvgIpc) is 3.03. The summed E-state index contributed by atoms with van der Waals surface area (Å²) in [5, 5.41) is 1.87. The van der Waals surface area contributed by atoms with Crippen LogP contribution in [0.4, 0.5) is 5.69 Å². The van der Waals surface area contributed by atoms with E-state index in [4.69, 9.17) is 56.5 Å². The molecule has 1 amide bonds. The number of amides is 1. The van der Waals surface area contributed by atoms with Crippen molar-refractivity contribution in [2.45, 2.75) is 13.5 Å². The largest absolute Gasteiger partial charge is 0.494 e. The summed E-state index contributed by atoms with van der Waals surface area (Å²) in [6.45, 7) is 2.72. The van der Waals surface area contributed by atoms with Crippen molar-refractivity contribution in [3.8, 4) is 11.5 Å². The second-order valence-electron chi connectivity index (χ2n) is 7.65. The van der Waals surface area contributed by atoms with Gasteiger partial charge in [0.05, 0.1) is 17.3 Å². The molecule has 0 N–H and O–H groups in total. The summed E-state index contributed by atoms with van der Waals surface area (Å²) < 4.78 is 11.3. The lowest BCUT2D eigenvalue weighted by atomic mass is 10.1. The van der Waals surface area contributed by atoms with E-state index in [0.717, 1.165) is 16.9 Å². The summed E-state index contributed by atoms with van der Waals surface area (Å²) in [6.07, 6.45) is 1.74. The molecule has 0 unspecified atom stereocenters. The molecule has 0 bridgehead atoms. The zero-order valence-electron chi connectivity index (χ0n) is 18.9. The zero-order chi connectivity index (χ0) is 25.1. The molecule has 0 aromatic heterocycles. The molecule has 1 fully saturated rings. The average molecular weight is 548 g/mol. The van der Waals surface area contributed by atoms with Gasteiger partial charge in [-0.05, 0) is 79.3 Å². The van der Waals surface area contributed by atoms with Crippen LogP contribution in [-0.4, -0.2) is 29.6 Å². The number of halogens is 3.